The van der Waals surface area contributed by atoms with Gasteiger partial charge in [-0.15, -0.1) is 0 Å². The van der Waals surface area contributed by atoms with Crippen LogP contribution in [-0.2, 0) is 19.1 Å². The molecule has 5 heteroatoms. The zero-order valence-electron chi connectivity index (χ0n) is 10.4. The van der Waals surface area contributed by atoms with Crippen LogP contribution in [0.3, 0.4) is 0 Å². The van der Waals surface area contributed by atoms with Crippen LogP contribution >= 0.6 is 0 Å². The predicted octanol–water partition coefficient (Wildman–Crippen LogP) is 1.45. The van der Waals surface area contributed by atoms with Crippen LogP contribution in [0.4, 0.5) is 0 Å². The number of aliphatic carboxylic acids is 1. The summed E-state index contributed by atoms with van der Waals surface area (Å²) < 4.78 is 10.1. The molecule has 0 fully saturated rings. The van der Waals surface area contributed by atoms with Gasteiger partial charge in [-0.25, -0.2) is 9.59 Å². The highest BCUT2D eigenvalue weighted by atomic mass is 16.6. The van der Waals surface area contributed by atoms with Crippen LogP contribution in [0.2, 0.25) is 0 Å². The quantitative estimate of drug-likeness (QED) is 0.702. The maximum Gasteiger partial charge on any atom is 0.335 e. The molecule has 0 aromatic carbocycles. The number of carbonyl (C=O) groups excluding carboxylic acids is 1. The van der Waals surface area contributed by atoms with E-state index in [1.54, 1.807) is 20.8 Å². The van der Waals surface area contributed by atoms with Gasteiger partial charge in [0.25, 0.3) is 0 Å². The third-order valence-electron chi connectivity index (χ3n) is 2.06. The average molecular weight is 232 g/mol. The maximum absolute atomic E-state index is 11.5. The summed E-state index contributed by atoms with van der Waals surface area (Å²) >= 11 is 0. The topological polar surface area (TPSA) is 72.8 Å². The SMILES string of the molecule is CCOC(=O)C(OC(C)(C)C(=O)O)C(C)C. The average Bonchev–Trinajstić information content (AvgIpc) is 2.13. The Morgan fingerprint density at radius 3 is 2.12 bits per heavy atom. The summed E-state index contributed by atoms with van der Waals surface area (Å²) in [5.41, 5.74) is -1.40. The monoisotopic (exact) mass is 232 g/mol. The molecule has 0 spiro atoms. The number of carboxylic acids is 1. The molecule has 0 aliphatic carbocycles. The summed E-state index contributed by atoms with van der Waals surface area (Å²) in [6.07, 6.45) is -0.856. The number of carboxylic acid groups (broad SMARTS) is 1. The molecule has 5 nitrogen and oxygen atoms in total. The highest BCUT2D eigenvalue weighted by molar-refractivity contribution is 5.79. The summed E-state index contributed by atoms with van der Waals surface area (Å²) in [5.74, 6) is -1.77. The van der Waals surface area contributed by atoms with Crippen LogP contribution in [0.1, 0.15) is 34.6 Å². The highest BCUT2D eigenvalue weighted by Crippen LogP contribution is 2.18. The van der Waals surface area contributed by atoms with Gasteiger partial charge in [0.1, 0.15) is 0 Å². The van der Waals surface area contributed by atoms with Crippen molar-refractivity contribution in [1.29, 1.82) is 0 Å². The fourth-order valence-electron chi connectivity index (χ4n) is 1.05. The summed E-state index contributed by atoms with van der Waals surface area (Å²) in [5, 5.41) is 8.91. The van der Waals surface area contributed by atoms with Crippen molar-refractivity contribution in [2.45, 2.75) is 46.3 Å². The highest BCUT2D eigenvalue weighted by Gasteiger charge is 2.36. The third-order valence-corrected chi connectivity index (χ3v) is 2.06. The van der Waals surface area contributed by atoms with E-state index < -0.39 is 23.6 Å². The lowest BCUT2D eigenvalue weighted by Crippen LogP contribution is -2.44. The Hall–Kier alpha value is -1.10. The van der Waals surface area contributed by atoms with E-state index in [-0.39, 0.29) is 12.5 Å². The molecule has 0 saturated carbocycles. The first-order valence-corrected chi connectivity index (χ1v) is 5.30. The molecule has 0 aliphatic rings. The predicted molar refractivity (Wildman–Crippen MR) is 58.1 cm³/mol. The minimum atomic E-state index is -1.40. The molecule has 0 aromatic heterocycles. The van der Waals surface area contributed by atoms with Crippen molar-refractivity contribution in [3.8, 4) is 0 Å². The zero-order valence-corrected chi connectivity index (χ0v) is 10.4. The van der Waals surface area contributed by atoms with E-state index in [0.717, 1.165) is 0 Å². The van der Waals surface area contributed by atoms with Gasteiger partial charge in [0.05, 0.1) is 6.61 Å². The molecule has 0 amide bonds. The largest absolute Gasteiger partial charge is 0.479 e. The van der Waals surface area contributed by atoms with Crippen LogP contribution in [0.5, 0.6) is 0 Å². The van der Waals surface area contributed by atoms with Gasteiger partial charge in [-0.2, -0.15) is 0 Å². The zero-order chi connectivity index (χ0) is 12.9. The third kappa shape index (κ3) is 4.18. The molecular formula is C11H20O5. The first-order valence-electron chi connectivity index (χ1n) is 5.30. The fraction of sp³-hybridized carbons (Fsp3) is 0.818. The van der Waals surface area contributed by atoms with Crippen molar-refractivity contribution in [2.24, 2.45) is 5.92 Å². The van der Waals surface area contributed by atoms with Crippen molar-refractivity contribution >= 4 is 11.9 Å². The summed E-state index contributed by atoms with van der Waals surface area (Å²) in [6, 6.07) is 0. The number of carbonyl (C=O) groups is 2. The Bertz CT molecular complexity index is 257. The molecule has 94 valence electrons. The number of hydrogen-bond donors (Lipinski definition) is 1. The number of esters is 1. The molecular weight excluding hydrogens is 212 g/mol. The Labute approximate surface area is 95.7 Å². The number of rotatable bonds is 6. The van der Waals surface area contributed by atoms with Gasteiger partial charge in [-0.3, -0.25) is 0 Å². The van der Waals surface area contributed by atoms with E-state index in [0.29, 0.717) is 0 Å². The number of hydrogen-bond acceptors (Lipinski definition) is 4. The second kappa shape index (κ2) is 5.84. The second-order valence-corrected chi connectivity index (χ2v) is 4.35. The van der Waals surface area contributed by atoms with E-state index in [4.69, 9.17) is 14.6 Å². The van der Waals surface area contributed by atoms with Crippen LogP contribution in [0.25, 0.3) is 0 Å². The maximum atomic E-state index is 11.5. The van der Waals surface area contributed by atoms with E-state index in [2.05, 4.69) is 0 Å². The van der Waals surface area contributed by atoms with Crippen LogP contribution in [0.15, 0.2) is 0 Å². The van der Waals surface area contributed by atoms with Crippen LogP contribution in [-0.4, -0.2) is 35.4 Å². The number of ether oxygens (including phenoxy) is 2. The Balaban J connectivity index is 4.70. The smallest absolute Gasteiger partial charge is 0.335 e. The molecule has 0 rings (SSSR count). The molecule has 1 unspecified atom stereocenters. The van der Waals surface area contributed by atoms with E-state index in [1.807, 2.05) is 0 Å². The van der Waals surface area contributed by atoms with E-state index in [1.165, 1.54) is 13.8 Å². The summed E-state index contributed by atoms with van der Waals surface area (Å²) in [7, 11) is 0. The minimum absolute atomic E-state index is 0.141. The lowest BCUT2D eigenvalue weighted by Gasteiger charge is -2.28. The molecule has 0 aromatic rings. The normalized spacial score (nSPS) is 13.6. The van der Waals surface area contributed by atoms with Crippen LogP contribution in [0, 0.1) is 5.92 Å². The van der Waals surface area contributed by atoms with Crippen LogP contribution < -0.4 is 0 Å². The van der Waals surface area contributed by atoms with Gasteiger partial charge in [0, 0.05) is 0 Å². The van der Waals surface area contributed by atoms with E-state index >= 15 is 0 Å². The molecule has 1 N–H and O–H groups in total. The van der Waals surface area contributed by atoms with Crippen molar-refractivity contribution in [3.05, 3.63) is 0 Å². The van der Waals surface area contributed by atoms with Gasteiger partial charge < -0.3 is 14.6 Å². The van der Waals surface area contributed by atoms with Crippen molar-refractivity contribution in [2.75, 3.05) is 6.61 Å². The Morgan fingerprint density at radius 2 is 1.81 bits per heavy atom. The molecule has 0 bridgehead atoms. The van der Waals surface area contributed by atoms with E-state index in [9.17, 15) is 9.59 Å². The Kier molecular flexibility index (Phi) is 5.44. The van der Waals surface area contributed by atoms with Crippen molar-refractivity contribution in [3.63, 3.8) is 0 Å². The molecule has 0 heterocycles. The molecule has 1 atom stereocenters. The fourth-order valence-corrected chi connectivity index (χ4v) is 1.05. The first kappa shape index (κ1) is 14.9. The second-order valence-electron chi connectivity index (χ2n) is 4.35. The lowest BCUT2D eigenvalue weighted by atomic mass is 10.0. The van der Waals surface area contributed by atoms with Gasteiger partial charge in [0.2, 0.25) is 0 Å². The van der Waals surface area contributed by atoms with Gasteiger partial charge >= 0.3 is 11.9 Å². The molecule has 0 saturated heterocycles. The van der Waals surface area contributed by atoms with Crippen molar-refractivity contribution < 1.29 is 24.2 Å². The summed E-state index contributed by atoms with van der Waals surface area (Å²) in [6.45, 7) is 8.31. The molecule has 0 aliphatic heterocycles. The summed E-state index contributed by atoms with van der Waals surface area (Å²) in [4.78, 5) is 22.4. The minimum Gasteiger partial charge on any atom is -0.479 e. The molecule has 0 radical (unpaired) electrons. The first-order chi connectivity index (χ1) is 7.22. The van der Waals surface area contributed by atoms with Crippen molar-refractivity contribution in [1.82, 2.24) is 0 Å². The van der Waals surface area contributed by atoms with Gasteiger partial charge in [0.15, 0.2) is 11.7 Å². The lowest BCUT2D eigenvalue weighted by molar-refractivity contribution is -0.184. The Morgan fingerprint density at radius 1 is 1.31 bits per heavy atom. The van der Waals surface area contributed by atoms with Gasteiger partial charge in [-0.05, 0) is 26.7 Å². The van der Waals surface area contributed by atoms with Gasteiger partial charge in [-0.1, -0.05) is 13.8 Å². The standard InChI is InChI=1S/C11H20O5/c1-6-15-9(12)8(7(2)3)16-11(4,5)10(13)14/h7-8H,6H2,1-5H3,(H,13,14). The molecule has 16 heavy (non-hydrogen) atoms.